The highest BCUT2D eigenvalue weighted by Crippen LogP contribution is 2.55. The molecule has 0 aromatic carbocycles. The molecule has 196 valence electrons. The molecule has 5 heteroatoms. The van der Waals surface area contributed by atoms with Crippen LogP contribution in [-0.2, 0) is 14.3 Å². The number of allylic oxidation sites excluding steroid dienone is 4. The normalized spacial score (nSPS) is 32.5. The maximum atomic E-state index is 12.3. The van der Waals surface area contributed by atoms with E-state index >= 15 is 0 Å². The molecule has 1 unspecified atom stereocenters. The lowest BCUT2D eigenvalue weighted by Gasteiger charge is -2.42. The van der Waals surface area contributed by atoms with Crippen molar-refractivity contribution in [2.75, 3.05) is 6.61 Å². The summed E-state index contributed by atoms with van der Waals surface area (Å²) in [5.41, 5.74) is 4.11. The van der Waals surface area contributed by atoms with Crippen molar-refractivity contribution in [1.29, 1.82) is 0 Å². The summed E-state index contributed by atoms with van der Waals surface area (Å²) in [6.45, 7) is 14.9. The maximum absolute atomic E-state index is 12.3. The number of aliphatic hydroxyl groups is 2. The number of carbonyl (C=O) groups excluding carboxylic acids is 1. The largest absolute Gasteiger partial charge is 0.459 e. The molecule has 0 saturated heterocycles. The van der Waals surface area contributed by atoms with E-state index in [-0.39, 0.29) is 23.9 Å². The lowest BCUT2D eigenvalue weighted by Crippen LogP contribution is -2.35. The Morgan fingerprint density at radius 3 is 2.71 bits per heavy atom. The number of fused-ring (bicyclic) bond motifs is 1. The Hall–Kier alpha value is -1.69. The number of hydrogen-bond acceptors (Lipinski definition) is 5. The monoisotopic (exact) mass is 486 g/mol. The Bertz CT molecular complexity index is 877. The molecule has 0 aliphatic heterocycles. The highest BCUT2D eigenvalue weighted by molar-refractivity contribution is 5.70. The summed E-state index contributed by atoms with van der Waals surface area (Å²) in [4.78, 5) is 12.3. The summed E-state index contributed by atoms with van der Waals surface area (Å²) >= 11 is 0. The zero-order valence-corrected chi connectivity index (χ0v) is 22.4. The van der Waals surface area contributed by atoms with Gasteiger partial charge in [0, 0.05) is 6.42 Å². The van der Waals surface area contributed by atoms with Crippen molar-refractivity contribution in [3.05, 3.63) is 47.1 Å². The molecule has 3 rings (SSSR count). The molecule has 0 radical (unpaired) electrons. The molecular formula is C30H46O5. The summed E-state index contributed by atoms with van der Waals surface area (Å²) < 4.78 is 11.8. The molecule has 0 bridgehead atoms. The summed E-state index contributed by atoms with van der Waals surface area (Å²) in [7, 11) is 0. The average molecular weight is 487 g/mol. The number of hydrogen-bond donors (Lipinski definition) is 2. The Morgan fingerprint density at radius 1 is 1.31 bits per heavy atom. The second-order valence-corrected chi connectivity index (χ2v) is 11.2. The van der Waals surface area contributed by atoms with Gasteiger partial charge in [-0.1, -0.05) is 51.2 Å². The highest BCUT2D eigenvalue weighted by atomic mass is 16.6. The van der Waals surface area contributed by atoms with E-state index in [1.165, 1.54) is 11.1 Å². The predicted octanol–water partition coefficient (Wildman–Crippen LogP) is 5.96. The first kappa shape index (κ1) is 27.9. The summed E-state index contributed by atoms with van der Waals surface area (Å²) in [6, 6.07) is 0. The van der Waals surface area contributed by atoms with Gasteiger partial charge in [0.2, 0.25) is 0 Å². The van der Waals surface area contributed by atoms with Gasteiger partial charge in [-0.3, -0.25) is 4.79 Å². The number of esters is 1. The fraction of sp³-hybridized carbons (Fsp3) is 0.700. The standard InChI is InChI=1S/C30H46O5/c1-7-29(5,8-2)35-28(33)15-17-34-21(4)25-13-14-26-22(10-9-16-30(25,26)6)11-12-23-18-24(31)19-27(32)20(23)3/h11-13,21,24,26-27,31-32H,3,7-10,14-19H2,1-2,4-6H3/b22-11+,23-12-/t21?,24-,26+,27+,30-/m1/s1. The Labute approximate surface area is 212 Å². The Morgan fingerprint density at radius 2 is 2.03 bits per heavy atom. The molecule has 2 N–H and O–H groups in total. The fourth-order valence-corrected chi connectivity index (χ4v) is 6.08. The van der Waals surface area contributed by atoms with Gasteiger partial charge < -0.3 is 19.7 Å². The highest BCUT2D eigenvalue weighted by Gasteiger charge is 2.46. The molecule has 0 spiro atoms. The zero-order valence-electron chi connectivity index (χ0n) is 22.4. The van der Waals surface area contributed by atoms with Crippen molar-refractivity contribution < 1.29 is 24.5 Å². The second-order valence-electron chi connectivity index (χ2n) is 11.2. The maximum Gasteiger partial charge on any atom is 0.308 e. The van der Waals surface area contributed by atoms with Crippen molar-refractivity contribution in [2.45, 2.75) is 116 Å². The van der Waals surface area contributed by atoms with Gasteiger partial charge in [-0.15, -0.1) is 0 Å². The minimum atomic E-state index is -0.659. The first-order chi connectivity index (χ1) is 16.5. The Kier molecular flexibility index (Phi) is 9.22. The van der Waals surface area contributed by atoms with Crippen LogP contribution >= 0.6 is 0 Å². The van der Waals surface area contributed by atoms with Gasteiger partial charge >= 0.3 is 5.97 Å². The number of carbonyl (C=O) groups is 1. The zero-order chi connectivity index (χ0) is 25.8. The third-order valence-corrected chi connectivity index (χ3v) is 8.84. The van der Waals surface area contributed by atoms with E-state index in [9.17, 15) is 15.0 Å². The molecule has 5 atom stereocenters. The third kappa shape index (κ3) is 6.36. The van der Waals surface area contributed by atoms with Crippen molar-refractivity contribution in [3.8, 4) is 0 Å². The number of aliphatic hydroxyl groups excluding tert-OH is 2. The molecule has 2 saturated carbocycles. The van der Waals surface area contributed by atoms with Crippen LogP contribution in [0.2, 0.25) is 0 Å². The second kappa shape index (κ2) is 11.6. The minimum absolute atomic E-state index is 0.0392. The van der Waals surface area contributed by atoms with E-state index < -0.39 is 17.8 Å². The first-order valence-electron chi connectivity index (χ1n) is 13.5. The van der Waals surface area contributed by atoms with Crippen LogP contribution in [0.1, 0.15) is 92.4 Å². The van der Waals surface area contributed by atoms with Crippen LogP contribution in [0.3, 0.4) is 0 Å². The molecule has 2 fully saturated rings. The third-order valence-electron chi connectivity index (χ3n) is 8.84. The van der Waals surface area contributed by atoms with E-state index in [2.05, 4.69) is 38.7 Å². The number of rotatable bonds is 9. The van der Waals surface area contributed by atoms with Crippen LogP contribution in [0.4, 0.5) is 0 Å². The van der Waals surface area contributed by atoms with Crippen LogP contribution in [0.15, 0.2) is 47.1 Å². The van der Waals surface area contributed by atoms with Crippen molar-refractivity contribution in [3.63, 3.8) is 0 Å². The van der Waals surface area contributed by atoms with Crippen molar-refractivity contribution in [1.82, 2.24) is 0 Å². The van der Waals surface area contributed by atoms with Gasteiger partial charge in [0.1, 0.15) is 5.60 Å². The number of ether oxygens (including phenoxy) is 2. The van der Waals surface area contributed by atoms with Crippen LogP contribution in [0.25, 0.3) is 0 Å². The lowest BCUT2D eigenvalue weighted by molar-refractivity contribution is -0.160. The van der Waals surface area contributed by atoms with E-state index in [1.54, 1.807) is 0 Å². The first-order valence-corrected chi connectivity index (χ1v) is 13.5. The average Bonchev–Trinajstić information content (AvgIpc) is 3.17. The molecule has 0 aromatic heterocycles. The lowest BCUT2D eigenvalue weighted by atomic mass is 9.63. The van der Waals surface area contributed by atoms with Gasteiger partial charge in [0.05, 0.1) is 31.3 Å². The van der Waals surface area contributed by atoms with E-state index in [0.29, 0.717) is 25.4 Å². The Balaban J connectivity index is 1.61. The molecule has 0 amide bonds. The minimum Gasteiger partial charge on any atom is -0.459 e. The molecule has 5 nitrogen and oxygen atoms in total. The smallest absolute Gasteiger partial charge is 0.308 e. The van der Waals surface area contributed by atoms with E-state index in [0.717, 1.165) is 49.7 Å². The fourth-order valence-electron chi connectivity index (χ4n) is 6.08. The van der Waals surface area contributed by atoms with Gasteiger partial charge in [-0.05, 0) is 86.8 Å². The summed E-state index contributed by atoms with van der Waals surface area (Å²) in [5.74, 6) is 0.240. The van der Waals surface area contributed by atoms with Gasteiger partial charge in [0.15, 0.2) is 0 Å². The molecule has 0 heterocycles. The molecular weight excluding hydrogens is 440 g/mol. The van der Waals surface area contributed by atoms with Crippen molar-refractivity contribution >= 4 is 5.97 Å². The van der Waals surface area contributed by atoms with E-state index in [1.807, 2.05) is 20.8 Å². The molecule has 35 heavy (non-hydrogen) atoms. The topological polar surface area (TPSA) is 76.0 Å². The SMILES string of the molecule is C=C1/C(=C\C=C2/CCC[C@]3(C)C(C(C)OCCC(=O)OC(C)(CC)CC)=CC[C@@H]23)C[C@@H](O)C[C@@H]1O. The van der Waals surface area contributed by atoms with Gasteiger partial charge in [-0.2, -0.15) is 0 Å². The van der Waals surface area contributed by atoms with Crippen LogP contribution in [-0.4, -0.2) is 46.7 Å². The van der Waals surface area contributed by atoms with Gasteiger partial charge in [0.25, 0.3) is 0 Å². The van der Waals surface area contributed by atoms with Crippen LogP contribution in [0, 0.1) is 11.3 Å². The summed E-state index contributed by atoms with van der Waals surface area (Å²) in [6.07, 6.45) is 12.5. The quantitative estimate of drug-likeness (QED) is 0.310. The van der Waals surface area contributed by atoms with Crippen LogP contribution < -0.4 is 0 Å². The van der Waals surface area contributed by atoms with Gasteiger partial charge in [-0.25, -0.2) is 0 Å². The van der Waals surface area contributed by atoms with Crippen molar-refractivity contribution in [2.24, 2.45) is 11.3 Å². The summed E-state index contributed by atoms with van der Waals surface area (Å²) in [5, 5.41) is 20.2. The van der Waals surface area contributed by atoms with E-state index in [4.69, 9.17) is 9.47 Å². The predicted molar refractivity (Wildman–Crippen MR) is 140 cm³/mol. The van der Waals surface area contributed by atoms with Crippen LogP contribution in [0.5, 0.6) is 0 Å². The molecule has 3 aliphatic rings. The molecule has 3 aliphatic carbocycles. The molecule has 0 aromatic rings.